The lowest BCUT2D eigenvalue weighted by Crippen LogP contribution is -2.38. The smallest absolute Gasteiger partial charge is 0.338 e. The molecule has 6 nitrogen and oxygen atoms in total. The van der Waals surface area contributed by atoms with Gasteiger partial charge in [0, 0.05) is 31.6 Å². The molecule has 9 heteroatoms. The van der Waals surface area contributed by atoms with Crippen molar-refractivity contribution in [3.05, 3.63) is 65.2 Å². The van der Waals surface area contributed by atoms with Crippen LogP contribution in [-0.4, -0.2) is 47.2 Å². The molecule has 1 N–H and O–H groups in total. The third-order valence-electron chi connectivity index (χ3n) is 5.26. The molecule has 0 bridgehead atoms. The quantitative estimate of drug-likeness (QED) is 0.699. The van der Waals surface area contributed by atoms with Crippen molar-refractivity contribution in [2.75, 3.05) is 25.0 Å². The summed E-state index contributed by atoms with van der Waals surface area (Å²) in [6, 6.07) is 11.4. The van der Waals surface area contributed by atoms with Crippen molar-refractivity contribution in [1.82, 2.24) is 9.80 Å². The number of alkyl halides is 3. The summed E-state index contributed by atoms with van der Waals surface area (Å²) in [5.74, 6) is -1.02. The minimum Gasteiger partial charge on any atom is -0.338 e. The number of amides is 3. The van der Waals surface area contributed by atoms with Gasteiger partial charge in [-0.2, -0.15) is 13.2 Å². The molecule has 0 aliphatic carbocycles. The fourth-order valence-electron chi connectivity index (χ4n) is 3.56. The number of nitrogens with zero attached hydrogens (tertiary/aromatic N) is 2. The maximum atomic E-state index is 13.1. The number of carbonyl (C=O) groups excluding carboxylic acids is 3. The fourth-order valence-corrected chi connectivity index (χ4v) is 3.56. The van der Waals surface area contributed by atoms with Crippen LogP contribution in [-0.2, 0) is 22.3 Å². The third-order valence-corrected chi connectivity index (χ3v) is 5.26. The van der Waals surface area contributed by atoms with Gasteiger partial charge in [0.1, 0.15) is 6.54 Å². The van der Waals surface area contributed by atoms with E-state index in [-0.39, 0.29) is 24.7 Å². The summed E-state index contributed by atoms with van der Waals surface area (Å²) in [6.07, 6.45) is -3.21. The molecule has 1 aliphatic rings. The normalized spacial score (nSPS) is 13.9. The van der Waals surface area contributed by atoms with E-state index in [4.69, 9.17) is 0 Å². The standard InChI is InChI=1S/C23H24F3N3O3/c1-2-28(15-20(30)27-19-7-4-3-6-18(19)23(24,25)26)22(32)17-11-9-16(10-12-17)14-29-13-5-8-21(29)31/h3-4,6-7,9-12H,2,5,8,13-15H2,1H3,(H,27,30). The number of hydrogen-bond acceptors (Lipinski definition) is 3. The molecule has 3 rings (SSSR count). The Morgan fingerprint density at radius 2 is 1.78 bits per heavy atom. The van der Waals surface area contributed by atoms with Gasteiger partial charge in [0.25, 0.3) is 5.91 Å². The number of nitrogens with one attached hydrogen (secondary N) is 1. The first-order chi connectivity index (χ1) is 15.2. The largest absolute Gasteiger partial charge is 0.418 e. The molecule has 0 spiro atoms. The van der Waals surface area contributed by atoms with Crippen molar-refractivity contribution in [1.29, 1.82) is 0 Å². The third kappa shape index (κ3) is 5.66. The zero-order valence-electron chi connectivity index (χ0n) is 17.6. The monoisotopic (exact) mass is 447 g/mol. The van der Waals surface area contributed by atoms with Crippen LogP contribution in [0.1, 0.15) is 41.3 Å². The molecule has 170 valence electrons. The van der Waals surface area contributed by atoms with Crippen molar-refractivity contribution < 1.29 is 27.6 Å². The Morgan fingerprint density at radius 3 is 2.38 bits per heavy atom. The molecule has 0 saturated carbocycles. The Bertz CT molecular complexity index is 990. The molecule has 32 heavy (non-hydrogen) atoms. The number of hydrogen-bond donors (Lipinski definition) is 1. The number of halogens is 3. The lowest BCUT2D eigenvalue weighted by atomic mass is 10.1. The van der Waals surface area contributed by atoms with E-state index in [1.165, 1.54) is 23.1 Å². The van der Waals surface area contributed by atoms with Crippen molar-refractivity contribution in [2.45, 2.75) is 32.5 Å². The molecule has 0 atom stereocenters. The maximum Gasteiger partial charge on any atom is 0.418 e. The summed E-state index contributed by atoms with van der Waals surface area (Å²) in [6.45, 7) is 2.70. The van der Waals surface area contributed by atoms with Gasteiger partial charge in [0.2, 0.25) is 11.8 Å². The molecule has 2 aromatic carbocycles. The van der Waals surface area contributed by atoms with Gasteiger partial charge in [-0.3, -0.25) is 14.4 Å². The Morgan fingerprint density at radius 1 is 1.09 bits per heavy atom. The second-order valence-corrected chi connectivity index (χ2v) is 7.53. The fraction of sp³-hybridized carbons (Fsp3) is 0.348. The molecule has 1 heterocycles. The molecule has 2 aromatic rings. The topological polar surface area (TPSA) is 69.7 Å². The Kier molecular flexibility index (Phi) is 7.17. The first kappa shape index (κ1) is 23.3. The molecule has 1 fully saturated rings. The van der Waals surface area contributed by atoms with Crippen LogP contribution in [0.2, 0.25) is 0 Å². The summed E-state index contributed by atoms with van der Waals surface area (Å²) in [5.41, 5.74) is -0.0581. The highest BCUT2D eigenvalue weighted by Crippen LogP contribution is 2.34. The summed E-state index contributed by atoms with van der Waals surface area (Å²) in [5, 5.41) is 2.25. The number of rotatable bonds is 7. The van der Waals surface area contributed by atoms with Crippen LogP contribution in [0.3, 0.4) is 0 Å². The van der Waals surface area contributed by atoms with Crippen LogP contribution in [0, 0.1) is 0 Å². The molecule has 0 unspecified atom stereocenters. The van der Waals surface area contributed by atoms with Gasteiger partial charge in [0.15, 0.2) is 0 Å². The summed E-state index contributed by atoms with van der Waals surface area (Å²) < 4.78 is 39.4. The van der Waals surface area contributed by atoms with Crippen molar-refractivity contribution in [3.63, 3.8) is 0 Å². The first-order valence-corrected chi connectivity index (χ1v) is 10.3. The molecule has 0 radical (unpaired) electrons. The molecular weight excluding hydrogens is 423 g/mol. The van der Waals surface area contributed by atoms with Gasteiger partial charge in [-0.15, -0.1) is 0 Å². The van der Waals surface area contributed by atoms with E-state index in [2.05, 4.69) is 5.32 Å². The zero-order valence-corrected chi connectivity index (χ0v) is 17.6. The summed E-state index contributed by atoms with van der Waals surface area (Å²) in [4.78, 5) is 39.9. The number of likely N-dealkylation sites (tertiary alicyclic amines) is 1. The van der Waals surface area contributed by atoms with Gasteiger partial charge < -0.3 is 15.1 Å². The number of benzene rings is 2. The number of para-hydroxylation sites is 1. The average Bonchev–Trinajstić information content (AvgIpc) is 3.16. The van der Waals surface area contributed by atoms with E-state index in [1.807, 2.05) is 0 Å². The average molecular weight is 447 g/mol. The highest BCUT2D eigenvalue weighted by molar-refractivity contribution is 5.99. The first-order valence-electron chi connectivity index (χ1n) is 10.3. The van der Waals surface area contributed by atoms with Crippen LogP contribution in [0.25, 0.3) is 0 Å². The summed E-state index contributed by atoms with van der Waals surface area (Å²) in [7, 11) is 0. The highest BCUT2D eigenvalue weighted by Gasteiger charge is 2.33. The van der Waals surface area contributed by atoms with E-state index in [0.717, 1.165) is 24.6 Å². The SMILES string of the molecule is CCN(CC(=O)Nc1ccccc1C(F)(F)F)C(=O)c1ccc(CN2CCCC2=O)cc1. The van der Waals surface area contributed by atoms with Crippen molar-refractivity contribution in [2.24, 2.45) is 0 Å². The van der Waals surface area contributed by atoms with E-state index >= 15 is 0 Å². The molecule has 0 aromatic heterocycles. The van der Waals surface area contributed by atoms with Crippen LogP contribution < -0.4 is 5.32 Å². The van der Waals surface area contributed by atoms with E-state index in [0.29, 0.717) is 18.5 Å². The van der Waals surface area contributed by atoms with Crippen molar-refractivity contribution in [3.8, 4) is 0 Å². The Hall–Kier alpha value is -3.36. The number of anilines is 1. The Labute approximate surface area is 184 Å². The van der Waals surface area contributed by atoms with Gasteiger partial charge in [-0.1, -0.05) is 24.3 Å². The van der Waals surface area contributed by atoms with Crippen LogP contribution >= 0.6 is 0 Å². The van der Waals surface area contributed by atoms with Gasteiger partial charge in [0.05, 0.1) is 11.3 Å². The maximum absolute atomic E-state index is 13.1. The van der Waals surface area contributed by atoms with Gasteiger partial charge in [-0.25, -0.2) is 0 Å². The van der Waals surface area contributed by atoms with E-state index < -0.39 is 23.6 Å². The minimum atomic E-state index is -4.61. The Balaban J connectivity index is 1.63. The van der Waals surface area contributed by atoms with Crippen LogP contribution in [0.4, 0.5) is 18.9 Å². The molecule has 1 saturated heterocycles. The lowest BCUT2D eigenvalue weighted by Gasteiger charge is -2.21. The van der Waals surface area contributed by atoms with Crippen molar-refractivity contribution >= 4 is 23.4 Å². The highest BCUT2D eigenvalue weighted by atomic mass is 19.4. The summed E-state index contributed by atoms with van der Waals surface area (Å²) >= 11 is 0. The molecule has 3 amide bonds. The predicted molar refractivity (Wildman–Crippen MR) is 113 cm³/mol. The minimum absolute atomic E-state index is 0.112. The second kappa shape index (κ2) is 9.84. The van der Waals surface area contributed by atoms with Crippen LogP contribution in [0.15, 0.2) is 48.5 Å². The number of carbonyl (C=O) groups is 3. The van der Waals surface area contributed by atoms with Crippen LogP contribution in [0.5, 0.6) is 0 Å². The lowest BCUT2D eigenvalue weighted by molar-refractivity contribution is -0.137. The molecular formula is C23H24F3N3O3. The van der Waals surface area contributed by atoms with Gasteiger partial charge in [-0.05, 0) is 43.2 Å². The van der Waals surface area contributed by atoms with E-state index in [1.54, 1.807) is 36.1 Å². The number of likely N-dealkylation sites (N-methyl/N-ethyl adjacent to an activating group) is 1. The molecule has 1 aliphatic heterocycles. The van der Waals surface area contributed by atoms with Gasteiger partial charge >= 0.3 is 6.18 Å². The predicted octanol–water partition coefficient (Wildman–Crippen LogP) is 3.93. The van der Waals surface area contributed by atoms with E-state index in [9.17, 15) is 27.6 Å². The second-order valence-electron chi connectivity index (χ2n) is 7.53. The zero-order chi connectivity index (χ0) is 23.3.